The molecule has 0 saturated heterocycles. The quantitative estimate of drug-likeness (QED) is 0.667. The van der Waals surface area contributed by atoms with E-state index in [2.05, 4.69) is 0 Å². The molecule has 0 fully saturated rings. The molecule has 1 atom stereocenters. The molecule has 1 N–H and O–H groups in total. The van der Waals surface area contributed by atoms with Crippen LogP contribution in [0.15, 0.2) is 11.4 Å². The third kappa shape index (κ3) is 1.35. The first kappa shape index (κ1) is 7.26. The van der Waals surface area contributed by atoms with Crippen LogP contribution in [0.1, 0.15) is 23.5 Å². The van der Waals surface area contributed by atoms with E-state index in [4.69, 9.17) is 10.4 Å². The molecule has 0 amide bonds. The van der Waals surface area contributed by atoms with Crippen molar-refractivity contribution in [2.75, 3.05) is 0 Å². The van der Waals surface area contributed by atoms with Crippen molar-refractivity contribution in [3.63, 3.8) is 0 Å². The largest absolute Gasteiger partial charge is 0.388 e. The highest BCUT2D eigenvalue weighted by molar-refractivity contribution is 7.10. The van der Waals surface area contributed by atoms with Crippen molar-refractivity contribution in [1.82, 2.24) is 0 Å². The second-order valence-corrected chi connectivity index (χ2v) is 2.97. The zero-order chi connectivity index (χ0) is 7.56. The Hall–Kier alpha value is -0.850. The van der Waals surface area contributed by atoms with E-state index in [0.29, 0.717) is 5.56 Å². The van der Waals surface area contributed by atoms with Crippen LogP contribution in [0.5, 0.6) is 0 Å². The molecular weight excluding hydrogens is 146 g/mol. The molecule has 0 unspecified atom stereocenters. The standard InChI is InChI=1S/C7H7NOS/c1-5(9)7-2-6(3-8)4-10-7/h2,4-5,9H,1H3/t5-/m1/s1. The first-order valence-electron chi connectivity index (χ1n) is 2.90. The van der Waals surface area contributed by atoms with Gasteiger partial charge in [0.25, 0.3) is 0 Å². The molecular formula is C7H7NOS. The minimum Gasteiger partial charge on any atom is -0.388 e. The molecule has 10 heavy (non-hydrogen) atoms. The van der Waals surface area contributed by atoms with Crippen molar-refractivity contribution in [1.29, 1.82) is 5.26 Å². The van der Waals surface area contributed by atoms with Gasteiger partial charge in [0, 0.05) is 10.3 Å². The van der Waals surface area contributed by atoms with Crippen LogP contribution in [0.25, 0.3) is 0 Å². The topological polar surface area (TPSA) is 44.0 Å². The minimum atomic E-state index is -0.452. The molecule has 1 heterocycles. The molecule has 1 aromatic heterocycles. The highest BCUT2D eigenvalue weighted by Gasteiger charge is 2.03. The molecule has 0 saturated carbocycles. The molecule has 2 nitrogen and oxygen atoms in total. The normalized spacial score (nSPS) is 12.5. The SMILES string of the molecule is C[C@@H](O)c1cc(C#N)cs1. The van der Waals surface area contributed by atoms with Crippen LogP contribution >= 0.6 is 11.3 Å². The van der Waals surface area contributed by atoms with Crippen molar-refractivity contribution in [3.8, 4) is 6.07 Å². The average molecular weight is 153 g/mol. The summed E-state index contributed by atoms with van der Waals surface area (Å²) in [4.78, 5) is 0.844. The highest BCUT2D eigenvalue weighted by Crippen LogP contribution is 2.20. The summed E-state index contributed by atoms with van der Waals surface area (Å²) in [7, 11) is 0. The van der Waals surface area contributed by atoms with E-state index in [1.807, 2.05) is 6.07 Å². The van der Waals surface area contributed by atoms with E-state index in [1.165, 1.54) is 11.3 Å². The number of nitriles is 1. The van der Waals surface area contributed by atoms with E-state index in [-0.39, 0.29) is 0 Å². The fourth-order valence-corrected chi connectivity index (χ4v) is 1.41. The van der Waals surface area contributed by atoms with Crippen LogP contribution in [0, 0.1) is 11.3 Å². The first-order valence-corrected chi connectivity index (χ1v) is 3.78. The van der Waals surface area contributed by atoms with Crippen molar-refractivity contribution in [2.24, 2.45) is 0 Å². The maximum Gasteiger partial charge on any atom is 0.100 e. The van der Waals surface area contributed by atoms with Crippen LogP contribution in [-0.4, -0.2) is 5.11 Å². The number of hydrogen-bond donors (Lipinski definition) is 1. The summed E-state index contributed by atoms with van der Waals surface area (Å²) >= 11 is 1.41. The lowest BCUT2D eigenvalue weighted by Crippen LogP contribution is -1.83. The predicted molar refractivity (Wildman–Crippen MR) is 39.7 cm³/mol. The van der Waals surface area contributed by atoms with Gasteiger partial charge in [-0.3, -0.25) is 0 Å². The Labute approximate surface area is 63.4 Å². The Morgan fingerprint density at radius 2 is 2.50 bits per heavy atom. The van der Waals surface area contributed by atoms with Crippen molar-refractivity contribution in [3.05, 3.63) is 21.9 Å². The molecule has 0 aromatic carbocycles. The Morgan fingerprint density at radius 1 is 1.80 bits per heavy atom. The Kier molecular flexibility index (Phi) is 2.05. The second-order valence-electron chi connectivity index (χ2n) is 2.03. The summed E-state index contributed by atoms with van der Waals surface area (Å²) in [5.74, 6) is 0. The van der Waals surface area contributed by atoms with E-state index < -0.39 is 6.10 Å². The second kappa shape index (κ2) is 2.82. The fraction of sp³-hybridized carbons (Fsp3) is 0.286. The molecule has 52 valence electrons. The summed E-state index contributed by atoms with van der Waals surface area (Å²) in [6.07, 6.45) is -0.452. The van der Waals surface area contributed by atoms with Gasteiger partial charge in [0.05, 0.1) is 11.7 Å². The number of aliphatic hydroxyl groups is 1. The highest BCUT2D eigenvalue weighted by atomic mass is 32.1. The van der Waals surface area contributed by atoms with Crippen molar-refractivity contribution < 1.29 is 5.11 Å². The van der Waals surface area contributed by atoms with Crippen LogP contribution in [0.4, 0.5) is 0 Å². The zero-order valence-electron chi connectivity index (χ0n) is 5.53. The number of hydrogen-bond acceptors (Lipinski definition) is 3. The monoisotopic (exact) mass is 153 g/mol. The average Bonchev–Trinajstić information content (AvgIpc) is 2.34. The molecule has 0 aliphatic heterocycles. The van der Waals surface area contributed by atoms with Gasteiger partial charge in [0.1, 0.15) is 6.07 Å². The number of thiophene rings is 1. The van der Waals surface area contributed by atoms with Gasteiger partial charge < -0.3 is 5.11 Å². The van der Waals surface area contributed by atoms with Gasteiger partial charge in [-0.2, -0.15) is 5.26 Å². The smallest absolute Gasteiger partial charge is 0.100 e. The molecule has 1 rings (SSSR count). The van der Waals surface area contributed by atoms with Crippen LogP contribution < -0.4 is 0 Å². The third-order valence-electron chi connectivity index (χ3n) is 1.16. The molecule has 0 aliphatic carbocycles. The first-order chi connectivity index (χ1) is 4.74. The van der Waals surface area contributed by atoms with E-state index >= 15 is 0 Å². The lowest BCUT2D eigenvalue weighted by molar-refractivity contribution is 0.203. The molecule has 1 aromatic rings. The minimum absolute atomic E-state index is 0.452. The van der Waals surface area contributed by atoms with Crippen LogP contribution in [0.2, 0.25) is 0 Å². The lowest BCUT2D eigenvalue weighted by Gasteiger charge is -1.95. The van der Waals surface area contributed by atoms with Crippen molar-refractivity contribution in [2.45, 2.75) is 13.0 Å². The Balaban J connectivity index is 2.91. The van der Waals surface area contributed by atoms with E-state index in [0.717, 1.165) is 4.88 Å². The zero-order valence-corrected chi connectivity index (χ0v) is 6.35. The predicted octanol–water partition coefficient (Wildman–Crippen LogP) is 1.67. The van der Waals surface area contributed by atoms with Gasteiger partial charge in [0.2, 0.25) is 0 Å². The number of aliphatic hydroxyl groups excluding tert-OH is 1. The Morgan fingerprint density at radius 3 is 2.80 bits per heavy atom. The van der Waals surface area contributed by atoms with E-state index in [9.17, 15) is 0 Å². The summed E-state index contributed by atoms with van der Waals surface area (Å²) in [5.41, 5.74) is 0.626. The van der Waals surface area contributed by atoms with E-state index in [1.54, 1.807) is 18.4 Å². The van der Waals surface area contributed by atoms with Gasteiger partial charge in [-0.15, -0.1) is 11.3 Å². The van der Waals surface area contributed by atoms with Crippen molar-refractivity contribution >= 4 is 11.3 Å². The number of rotatable bonds is 1. The van der Waals surface area contributed by atoms with Gasteiger partial charge in [-0.25, -0.2) is 0 Å². The van der Waals surface area contributed by atoms with Gasteiger partial charge in [0.15, 0.2) is 0 Å². The summed E-state index contributed by atoms with van der Waals surface area (Å²) in [6.45, 7) is 1.69. The van der Waals surface area contributed by atoms with Crippen LogP contribution in [-0.2, 0) is 0 Å². The summed E-state index contributed by atoms with van der Waals surface area (Å²) in [6, 6.07) is 3.71. The molecule has 0 bridgehead atoms. The Bertz CT molecular complexity index is 259. The molecule has 0 aliphatic rings. The third-order valence-corrected chi connectivity index (χ3v) is 2.26. The number of nitrogens with zero attached hydrogens (tertiary/aromatic N) is 1. The van der Waals surface area contributed by atoms with Crippen LogP contribution in [0.3, 0.4) is 0 Å². The molecule has 0 spiro atoms. The maximum atomic E-state index is 9.03. The lowest BCUT2D eigenvalue weighted by atomic mass is 10.3. The van der Waals surface area contributed by atoms with Gasteiger partial charge in [-0.1, -0.05) is 0 Å². The maximum absolute atomic E-state index is 9.03. The summed E-state index contributed by atoms with van der Waals surface area (Å²) < 4.78 is 0. The fourth-order valence-electron chi connectivity index (χ4n) is 0.631. The summed E-state index contributed by atoms with van der Waals surface area (Å²) in [5, 5.41) is 19.2. The molecule has 0 radical (unpaired) electrons. The van der Waals surface area contributed by atoms with Gasteiger partial charge >= 0.3 is 0 Å². The molecule has 3 heteroatoms. The van der Waals surface area contributed by atoms with Gasteiger partial charge in [-0.05, 0) is 13.0 Å².